The van der Waals surface area contributed by atoms with E-state index in [1.807, 2.05) is 18.2 Å². The summed E-state index contributed by atoms with van der Waals surface area (Å²) in [6.45, 7) is 1.49. The molecular weight excluding hydrogens is 293 g/mol. The van der Waals surface area contributed by atoms with Crippen molar-refractivity contribution in [1.29, 1.82) is 0 Å². The molecule has 0 saturated carbocycles. The van der Waals surface area contributed by atoms with Crippen LogP contribution in [-0.2, 0) is 11.2 Å². The first-order valence-electron chi connectivity index (χ1n) is 7.95. The van der Waals surface area contributed by atoms with Crippen LogP contribution in [0.15, 0.2) is 42.6 Å². The monoisotopic (exact) mass is 311 g/mol. The third-order valence-electron chi connectivity index (χ3n) is 4.27. The number of imidazole rings is 1. The average molecular weight is 311 g/mol. The maximum atomic E-state index is 13.5. The van der Waals surface area contributed by atoms with Gasteiger partial charge in [-0.15, -0.1) is 0 Å². The number of fused-ring (bicyclic) bond motifs is 1. The smallest absolute Gasteiger partial charge is 0.160 e. The van der Waals surface area contributed by atoms with Crippen molar-refractivity contribution in [2.24, 2.45) is 0 Å². The van der Waals surface area contributed by atoms with Gasteiger partial charge < -0.3 is 9.30 Å². The zero-order chi connectivity index (χ0) is 15.6. The minimum Gasteiger partial charge on any atom is -0.379 e. The molecule has 1 aliphatic heterocycles. The van der Waals surface area contributed by atoms with Gasteiger partial charge in [0.2, 0.25) is 0 Å². The van der Waals surface area contributed by atoms with Crippen molar-refractivity contribution in [3.8, 4) is 0 Å². The van der Waals surface area contributed by atoms with Crippen LogP contribution in [0.5, 0.6) is 0 Å². The Morgan fingerprint density at radius 1 is 1.26 bits per heavy atom. The van der Waals surface area contributed by atoms with Gasteiger partial charge in [0.1, 0.15) is 17.2 Å². The molecule has 3 heterocycles. The lowest BCUT2D eigenvalue weighted by atomic mass is 10.1. The molecule has 4 rings (SSSR count). The van der Waals surface area contributed by atoms with Crippen LogP contribution < -0.4 is 0 Å². The highest BCUT2D eigenvalue weighted by molar-refractivity contribution is 5.71. The van der Waals surface area contributed by atoms with Crippen LogP contribution in [0.25, 0.3) is 11.2 Å². The fraction of sp³-hybridized carbons (Fsp3) is 0.333. The van der Waals surface area contributed by atoms with Crippen molar-refractivity contribution >= 4 is 11.2 Å². The zero-order valence-corrected chi connectivity index (χ0v) is 12.8. The molecule has 0 bridgehead atoms. The van der Waals surface area contributed by atoms with E-state index in [0.29, 0.717) is 13.0 Å². The van der Waals surface area contributed by atoms with Crippen LogP contribution in [0.3, 0.4) is 0 Å². The normalized spacial score (nSPS) is 18.4. The Morgan fingerprint density at radius 3 is 3.04 bits per heavy atom. The number of benzene rings is 1. The minimum absolute atomic E-state index is 0.218. The van der Waals surface area contributed by atoms with Crippen molar-refractivity contribution in [2.45, 2.75) is 25.3 Å². The Labute approximate surface area is 133 Å². The van der Waals surface area contributed by atoms with Crippen LogP contribution in [-0.4, -0.2) is 27.7 Å². The number of ether oxygens (including phenoxy) is 1. The highest BCUT2D eigenvalue weighted by Gasteiger charge is 2.22. The maximum absolute atomic E-state index is 13.5. The number of aromatic nitrogens is 3. The average Bonchev–Trinajstić information content (AvgIpc) is 2.93. The van der Waals surface area contributed by atoms with Gasteiger partial charge in [-0.2, -0.15) is 0 Å². The molecule has 4 nitrogen and oxygen atoms in total. The molecule has 1 saturated heterocycles. The predicted octanol–water partition coefficient (Wildman–Crippen LogP) is 3.51. The van der Waals surface area contributed by atoms with Gasteiger partial charge in [-0.3, -0.25) is 0 Å². The molecule has 23 heavy (non-hydrogen) atoms. The summed E-state index contributed by atoms with van der Waals surface area (Å²) in [5.41, 5.74) is 2.68. The van der Waals surface area contributed by atoms with Gasteiger partial charge in [0.05, 0.1) is 12.6 Å². The molecule has 1 aliphatic rings. The molecule has 0 aliphatic carbocycles. The zero-order valence-electron chi connectivity index (χ0n) is 12.8. The molecule has 0 amide bonds. The summed E-state index contributed by atoms with van der Waals surface area (Å²) >= 11 is 0. The summed E-state index contributed by atoms with van der Waals surface area (Å²) in [5, 5.41) is 0. The summed E-state index contributed by atoms with van der Waals surface area (Å²) in [5.74, 6) is 0.698. The molecule has 0 spiro atoms. The number of nitrogens with zero attached hydrogens (tertiary/aromatic N) is 3. The largest absolute Gasteiger partial charge is 0.379 e. The number of rotatable bonds is 3. The topological polar surface area (TPSA) is 39.9 Å². The molecular formula is C18H18FN3O. The van der Waals surface area contributed by atoms with E-state index in [1.165, 1.54) is 6.07 Å². The molecule has 5 heteroatoms. The first kappa shape index (κ1) is 14.3. The van der Waals surface area contributed by atoms with Gasteiger partial charge in [0.25, 0.3) is 0 Å². The summed E-state index contributed by atoms with van der Waals surface area (Å²) in [7, 11) is 0. The predicted molar refractivity (Wildman–Crippen MR) is 85.8 cm³/mol. The molecule has 1 unspecified atom stereocenters. The Kier molecular flexibility index (Phi) is 3.79. The highest BCUT2D eigenvalue weighted by Crippen LogP contribution is 2.27. The Morgan fingerprint density at radius 2 is 2.22 bits per heavy atom. The molecule has 118 valence electrons. The van der Waals surface area contributed by atoms with Gasteiger partial charge in [-0.25, -0.2) is 14.4 Å². The van der Waals surface area contributed by atoms with E-state index >= 15 is 0 Å². The molecule has 1 atom stereocenters. The van der Waals surface area contributed by atoms with Crippen LogP contribution in [0, 0.1) is 5.82 Å². The van der Waals surface area contributed by atoms with E-state index in [2.05, 4.69) is 9.55 Å². The van der Waals surface area contributed by atoms with Crippen molar-refractivity contribution in [1.82, 2.24) is 14.5 Å². The first-order chi connectivity index (χ1) is 11.3. The van der Waals surface area contributed by atoms with Gasteiger partial charge in [-0.05, 0) is 42.7 Å². The second-order valence-electron chi connectivity index (χ2n) is 5.92. The van der Waals surface area contributed by atoms with Crippen LogP contribution >= 0.6 is 0 Å². The van der Waals surface area contributed by atoms with Gasteiger partial charge in [0, 0.05) is 19.2 Å². The number of halogens is 1. The second-order valence-corrected chi connectivity index (χ2v) is 5.92. The summed E-state index contributed by atoms with van der Waals surface area (Å²) in [6.07, 6.45) is 4.47. The highest BCUT2D eigenvalue weighted by atomic mass is 19.1. The Balaban J connectivity index is 1.78. The van der Waals surface area contributed by atoms with Gasteiger partial charge in [0.15, 0.2) is 5.65 Å². The van der Waals surface area contributed by atoms with E-state index in [1.54, 1.807) is 18.3 Å². The Bertz CT molecular complexity index is 824. The molecule has 1 fully saturated rings. The SMILES string of the molecule is Fc1cccc(Cc2nc3cccnc3n2C2CCCOC2)c1. The number of pyridine rings is 1. The maximum Gasteiger partial charge on any atom is 0.160 e. The van der Waals surface area contributed by atoms with Gasteiger partial charge in [-0.1, -0.05) is 12.1 Å². The fourth-order valence-corrected chi connectivity index (χ4v) is 3.24. The molecule has 0 radical (unpaired) electrons. The fourth-order valence-electron chi connectivity index (χ4n) is 3.24. The third kappa shape index (κ3) is 2.84. The van der Waals surface area contributed by atoms with Crippen molar-refractivity contribution in [3.63, 3.8) is 0 Å². The minimum atomic E-state index is -0.218. The summed E-state index contributed by atoms with van der Waals surface area (Å²) in [6, 6.07) is 10.8. The standard InChI is InChI=1S/C18H18FN3O/c19-14-5-1-4-13(10-14)11-17-21-16-7-2-8-20-18(16)22(17)15-6-3-9-23-12-15/h1-2,4-5,7-8,10,15H,3,6,9,11-12H2. The quantitative estimate of drug-likeness (QED) is 0.743. The summed E-state index contributed by atoms with van der Waals surface area (Å²) in [4.78, 5) is 9.24. The number of hydrogen-bond acceptors (Lipinski definition) is 3. The molecule has 2 aromatic heterocycles. The Hall–Kier alpha value is -2.27. The first-order valence-corrected chi connectivity index (χ1v) is 7.95. The van der Waals surface area contributed by atoms with E-state index in [9.17, 15) is 4.39 Å². The van der Waals surface area contributed by atoms with E-state index < -0.39 is 0 Å². The van der Waals surface area contributed by atoms with E-state index in [4.69, 9.17) is 9.72 Å². The van der Waals surface area contributed by atoms with Crippen molar-refractivity contribution < 1.29 is 9.13 Å². The number of hydrogen-bond donors (Lipinski definition) is 0. The third-order valence-corrected chi connectivity index (χ3v) is 4.27. The lowest BCUT2D eigenvalue weighted by Gasteiger charge is -2.25. The van der Waals surface area contributed by atoms with Gasteiger partial charge >= 0.3 is 0 Å². The van der Waals surface area contributed by atoms with Crippen LogP contribution in [0.1, 0.15) is 30.3 Å². The van der Waals surface area contributed by atoms with Crippen LogP contribution in [0.4, 0.5) is 4.39 Å². The lowest BCUT2D eigenvalue weighted by Crippen LogP contribution is -2.23. The summed E-state index contributed by atoms with van der Waals surface area (Å²) < 4.78 is 21.3. The van der Waals surface area contributed by atoms with Crippen molar-refractivity contribution in [2.75, 3.05) is 13.2 Å². The molecule has 3 aromatic rings. The van der Waals surface area contributed by atoms with Crippen LogP contribution in [0.2, 0.25) is 0 Å². The van der Waals surface area contributed by atoms with Crippen molar-refractivity contribution in [3.05, 3.63) is 59.8 Å². The van der Waals surface area contributed by atoms with E-state index in [0.717, 1.165) is 42.0 Å². The molecule has 1 aromatic carbocycles. The second kappa shape index (κ2) is 6.08. The lowest BCUT2D eigenvalue weighted by molar-refractivity contribution is 0.0595. The molecule has 0 N–H and O–H groups in total. The van der Waals surface area contributed by atoms with E-state index in [-0.39, 0.29) is 11.9 Å².